The van der Waals surface area contributed by atoms with Crippen molar-refractivity contribution >= 4 is 17.2 Å². The number of thiophene rings is 1. The second kappa shape index (κ2) is 8.15. The number of hydrogen-bond donors (Lipinski definition) is 1. The molecule has 0 saturated carbocycles. The van der Waals surface area contributed by atoms with Crippen LogP contribution in [0.1, 0.15) is 39.2 Å². The lowest BCUT2D eigenvalue weighted by molar-refractivity contribution is 0.0908. The van der Waals surface area contributed by atoms with E-state index >= 15 is 0 Å². The second-order valence-corrected chi connectivity index (χ2v) is 8.31. The molecule has 28 heavy (non-hydrogen) atoms. The highest BCUT2D eigenvalue weighted by Crippen LogP contribution is 2.30. The molecule has 0 spiro atoms. The quantitative estimate of drug-likeness (QED) is 0.709. The molecule has 1 fully saturated rings. The van der Waals surface area contributed by atoms with E-state index < -0.39 is 0 Å². The minimum absolute atomic E-state index is 0.0435. The fourth-order valence-electron chi connectivity index (χ4n) is 3.53. The van der Waals surface area contributed by atoms with Crippen molar-refractivity contribution in [3.8, 4) is 5.00 Å². The van der Waals surface area contributed by atoms with Gasteiger partial charge in [-0.3, -0.25) is 14.7 Å². The summed E-state index contributed by atoms with van der Waals surface area (Å²) in [6, 6.07) is 4.25. The van der Waals surface area contributed by atoms with Gasteiger partial charge in [-0.05, 0) is 54.3 Å². The molecule has 8 nitrogen and oxygen atoms in total. The van der Waals surface area contributed by atoms with Crippen LogP contribution in [0.2, 0.25) is 0 Å². The molecule has 4 rings (SSSR count). The van der Waals surface area contributed by atoms with E-state index in [2.05, 4.69) is 36.8 Å². The molecule has 3 aromatic heterocycles. The zero-order valence-corrected chi connectivity index (χ0v) is 16.8. The third-order valence-corrected chi connectivity index (χ3v) is 6.40. The Kier molecular flexibility index (Phi) is 5.45. The Morgan fingerprint density at radius 2 is 2.14 bits per heavy atom. The van der Waals surface area contributed by atoms with Crippen LogP contribution >= 0.6 is 11.3 Å². The topological polar surface area (TPSA) is 88.8 Å². The van der Waals surface area contributed by atoms with Crippen molar-refractivity contribution in [2.24, 2.45) is 0 Å². The fourth-order valence-corrected chi connectivity index (χ4v) is 4.61. The number of hydrogen-bond acceptors (Lipinski definition) is 7. The summed E-state index contributed by atoms with van der Waals surface area (Å²) in [5.74, 6) is -0.0435. The first-order valence-electron chi connectivity index (χ1n) is 9.37. The number of likely N-dealkylation sites (tertiary alicyclic amines) is 1. The molecular weight excluding hydrogens is 374 g/mol. The Bertz CT molecular complexity index is 931. The molecule has 3 aromatic rings. The highest BCUT2D eigenvalue weighted by Gasteiger charge is 2.26. The largest absolute Gasteiger partial charge is 0.349 e. The van der Waals surface area contributed by atoms with Gasteiger partial charge in [0.05, 0.1) is 5.56 Å². The predicted molar refractivity (Wildman–Crippen MR) is 107 cm³/mol. The van der Waals surface area contributed by atoms with Crippen LogP contribution in [0.15, 0.2) is 30.9 Å². The van der Waals surface area contributed by atoms with Gasteiger partial charge in [-0.2, -0.15) is 4.68 Å². The number of aromatic nitrogens is 5. The van der Waals surface area contributed by atoms with Gasteiger partial charge in [0.1, 0.15) is 11.3 Å². The fraction of sp³-hybridized carbons (Fsp3) is 0.421. The van der Waals surface area contributed by atoms with Gasteiger partial charge in [0.25, 0.3) is 5.91 Å². The van der Waals surface area contributed by atoms with Gasteiger partial charge in [-0.25, -0.2) is 0 Å². The number of carbonyl (C=O) groups is 1. The third kappa shape index (κ3) is 3.95. The Morgan fingerprint density at radius 3 is 2.82 bits per heavy atom. The van der Waals surface area contributed by atoms with Crippen LogP contribution in [-0.4, -0.2) is 55.1 Å². The van der Waals surface area contributed by atoms with Crippen LogP contribution in [0.5, 0.6) is 0 Å². The summed E-state index contributed by atoms with van der Waals surface area (Å²) >= 11 is 1.54. The third-order valence-electron chi connectivity index (χ3n) is 5.20. The van der Waals surface area contributed by atoms with Gasteiger partial charge in [0.2, 0.25) is 0 Å². The lowest BCUT2D eigenvalue weighted by Gasteiger charge is -2.32. The van der Waals surface area contributed by atoms with E-state index in [-0.39, 0.29) is 11.9 Å². The molecule has 146 valence electrons. The molecule has 0 bridgehead atoms. The maximum absolute atomic E-state index is 13.0. The Hall–Kier alpha value is -2.65. The number of amides is 1. The molecular formula is C19H23N7OS. The van der Waals surface area contributed by atoms with E-state index in [9.17, 15) is 4.79 Å². The zero-order chi connectivity index (χ0) is 19.5. The number of nitrogens with zero attached hydrogens (tertiary/aromatic N) is 6. The average molecular weight is 398 g/mol. The van der Waals surface area contributed by atoms with E-state index in [0.29, 0.717) is 5.56 Å². The van der Waals surface area contributed by atoms with Crippen LogP contribution in [0.25, 0.3) is 5.00 Å². The van der Waals surface area contributed by atoms with Crippen molar-refractivity contribution < 1.29 is 4.79 Å². The van der Waals surface area contributed by atoms with E-state index in [0.717, 1.165) is 47.9 Å². The van der Waals surface area contributed by atoms with Gasteiger partial charge in [-0.1, -0.05) is 6.07 Å². The minimum atomic E-state index is -0.0435. The standard InChI is InChI=1S/C19H23N7OS/c1-13-14(2)28-19(26-12-21-23-24-26)17(13)18(27)22-16-5-8-25(9-6-16)11-15-4-3-7-20-10-15/h3-4,7,10,12,16H,5-6,8-9,11H2,1-2H3,(H,22,27). The van der Waals surface area contributed by atoms with E-state index in [4.69, 9.17) is 0 Å². The van der Waals surface area contributed by atoms with Crippen molar-refractivity contribution in [3.05, 3.63) is 52.4 Å². The molecule has 0 aromatic carbocycles. The summed E-state index contributed by atoms with van der Waals surface area (Å²) < 4.78 is 1.57. The molecule has 0 aliphatic carbocycles. The monoisotopic (exact) mass is 397 g/mol. The smallest absolute Gasteiger partial charge is 0.254 e. The summed E-state index contributed by atoms with van der Waals surface area (Å²) in [5, 5.41) is 15.3. The van der Waals surface area contributed by atoms with Crippen LogP contribution < -0.4 is 5.32 Å². The highest BCUT2D eigenvalue weighted by atomic mass is 32.1. The average Bonchev–Trinajstić information content (AvgIpc) is 3.33. The van der Waals surface area contributed by atoms with Crippen molar-refractivity contribution in [3.63, 3.8) is 0 Å². The van der Waals surface area contributed by atoms with E-state index in [1.54, 1.807) is 10.9 Å². The van der Waals surface area contributed by atoms with Crippen LogP contribution in [0, 0.1) is 13.8 Å². The van der Waals surface area contributed by atoms with Crippen LogP contribution in [-0.2, 0) is 6.54 Å². The molecule has 0 unspecified atom stereocenters. The normalized spacial score (nSPS) is 15.6. The summed E-state index contributed by atoms with van der Waals surface area (Å²) in [5.41, 5.74) is 2.88. The number of rotatable bonds is 5. The Labute approximate surface area is 167 Å². The molecule has 1 aliphatic rings. The van der Waals surface area contributed by atoms with Gasteiger partial charge in [0.15, 0.2) is 0 Å². The summed E-state index contributed by atoms with van der Waals surface area (Å²) in [7, 11) is 0. The summed E-state index contributed by atoms with van der Waals surface area (Å²) in [4.78, 5) is 20.7. The van der Waals surface area contributed by atoms with Crippen molar-refractivity contribution in [1.82, 2.24) is 35.4 Å². The minimum Gasteiger partial charge on any atom is -0.349 e. The van der Waals surface area contributed by atoms with Gasteiger partial charge in [-0.15, -0.1) is 16.4 Å². The van der Waals surface area contributed by atoms with Crippen molar-refractivity contribution in [2.45, 2.75) is 39.3 Å². The number of carbonyl (C=O) groups excluding carboxylic acids is 1. The van der Waals surface area contributed by atoms with E-state index in [1.165, 1.54) is 23.2 Å². The first-order chi connectivity index (χ1) is 13.6. The number of piperidine rings is 1. The highest BCUT2D eigenvalue weighted by molar-refractivity contribution is 7.15. The Balaban J connectivity index is 1.39. The first kappa shape index (κ1) is 18.7. The SMILES string of the molecule is Cc1sc(-n2cnnn2)c(C(=O)NC2CCN(Cc3cccnc3)CC2)c1C. The summed E-state index contributed by atoms with van der Waals surface area (Å²) in [6.45, 7) is 6.82. The molecule has 1 saturated heterocycles. The van der Waals surface area contributed by atoms with Gasteiger partial charge >= 0.3 is 0 Å². The number of pyridine rings is 1. The van der Waals surface area contributed by atoms with Crippen LogP contribution in [0.4, 0.5) is 0 Å². The predicted octanol–water partition coefficient (Wildman–Crippen LogP) is 2.13. The molecule has 1 amide bonds. The molecule has 4 heterocycles. The van der Waals surface area contributed by atoms with Crippen molar-refractivity contribution in [2.75, 3.05) is 13.1 Å². The maximum Gasteiger partial charge on any atom is 0.254 e. The van der Waals surface area contributed by atoms with Crippen molar-refractivity contribution in [1.29, 1.82) is 0 Å². The molecule has 9 heteroatoms. The number of aryl methyl sites for hydroxylation is 1. The lowest BCUT2D eigenvalue weighted by atomic mass is 10.0. The molecule has 1 N–H and O–H groups in total. The number of nitrogens with one attached hydrogen (secondary N) is 1. The van der Waals surface area contributed by atoms with Gasteiger partial charge < -0.3 is 5.32 Å². The molecule has 0 atom stereocenters. The van der Waals surface area contributed by atoms with Gasteiger partial charge in [0, 0.05) is 42.9 Å². The zero-order valence-electron chi connectivity index (χ0n) is 16.0. The molecule has 1 aliphatic heterocycles. The first-order valence-corrected chi connectivity index (χ1v) is 10.2. The molecule has 0 radical (unpaired) electrons. The summed E-state index contributed by atoms with van der Waals surface area (Å²) in [6.07, 6.45) is 7.11. The maximum atomic E-state index is 13.0. The van der Waals surface area contributed by atoms with E-state index in [1.807, 2.05) is 26.1 Å². The second-order valence-electron chi connectivity index (χ2n) is 7.10. The number of tetrazole rings is 1. The lowest BCUT2D eigenvalue weighted by Crippen LogP contribution is -2.44. The Morgan fingerprint density at radius 1 is 1.32 bits per heavy atom. The van der Waals surface area contributed by atoms with Crippen LogP contribution in [0.3, 0.4) is 0 Å².